The maximum Gasteiger partial charge on any atom is 0.255 e. The molecule has 0 saturated heterocycles. The molecule has 0 fully saturated rings. The Bertz CT molecular complexity index is 1440. The van der Waals surface area contributed by atoms with Crippen molar-refractivity contribution in [2.75, 3.05) is 0 Å². The summed E-state index contributed by atoms with van der Waals surface area (Å²) in [7, 11) is 0. The van der Waals surface area contributed by atoms with E-state index in [0.29, 0.717) is 23.8 Å². The quantitative estimate of drug-likeness (QED) is 0.233. The Kier molecular flexibility index (Phi) is 7.28. The molecule has 0 saturated carbocycles. The highest BCUT2D eigenvalue weighted by Crippen LogP contribution is 2.45. The van der Waals surface area contributed by atoms with Gasteiger partial charge in [0.1, 0.15) is 22.3 Å². The second kappa shape index (κ2) is 10.5. The fraction of sp³-hybridized carbons (Fsp3) is 0.333. The Balaban J connectivity index is 1.44. The van der Waals surface area contributed by atoms with Crippen LogP contribution in [0, 0.1) is 18.3 Å². The maximum absolute atomic E-state index is 13.4. The number of thiophene rings is 1. The Morgan fingerprint density at radius 1 is 1.24 bits per heavy atom. The molecule has 37 heavy (non-hydrogen) atoms. The molecule has 1 N–H and O–H groups in total. The van der Waals surface area contributed by atoms with E-state index in [0.717, 1.165) is 51.4 Å². The fourth-order valence-corrected chi connectivity index (χ4v) is 6.77. The number of halogens is 1. The number of nitrogens with zero attached hydrogens (tertiary/aromatic N) is 1. The lowest BCUT2D eigenvalue weighted by Gasteiger charge is -2.33. The Morgan fingerprint density at radius 3 is 2.81 bits per heavy atom. The number of rotatable bonds is 6. The minimum Gasteiger partial charge on any atom is -0.467 e. The number of aliphatic imine (C=N–C) groups is 1. The lowest BCUT2D eigenvalue weighted by atomic mass is 9.72. The van der Waals surface area contributed by atoms with Gasteiger partial charge in [-0.1, -0.05) is 42.8 Å². The van der Waals surface area contributed by atoms with Crippen LogP contribution in [-0.2, 0) is 19.4 Å². The highest BCUT2D eigenvalue weighted by atomic mass is 79.9. The lowest BCUT2D eigenvalue weighted by molar-refractivity contribution is 0.0947. The van der Waals surface area contributed by atoms with E-state index in [1.54, 1.807) is 23.8 Å². The number of carbonyl (C=O) groups excluding carboxylic acids is 1. The molecule has 0 radical (unpaired) electrons. The van der Waals surface area contributed by atoms with Crippen LogP contribution >= 0.6 is 27.3 Å². The highest BCUT2D eigenvalue weighted by Gasteiger charge is 2.33. The monoisotopic (exact) mass is 578 g/mol. The van der Waals surface area contributed by atoms with Gasteiger partial charge in [0.15, 0.2) is 0 Å². The van der Waals surface area contributed by atoms with Gasteiger partial charge in [0, 0.05) is 14.9 Å². The molecule has 0 bridgehead atoms. The minimum absolute atomic E-state index is 0.112. The van der Waals surface area contributed by atoms with Crippen molar-refractivity contribution in [3.63, 3.8) is 0 Å². The smallest absolute Gasteiger partial charge is 0.255 e. The average molecular weight is 580 g/mol. The first-order valence-corrected chi connectivity index (χ1v) is 14.2. The van der Waals surface area contributed by atoms with Gasteiger partial charge in [0.05, 0.1) is 24.6 Å². The zero-order valence-corrected chi connectivity index (χ0v) is 24.0. The number of carbonyl (C=O) groups is 1. The number of fused-ring (bicyclic) bond motifs is 1. The van der Waals surface area contributed by atoms with E-state index in [-0.39, 0.29) is 11.3 Å². The molecule has 5 nitrogen and oxygen atoms in total. The van der Waals surface area contributed by atoms with Gasteiger partial charge in [-0.2, -0.15) is 0 Å². The van der Waals surface area contributed by atoms with Crippen LogP contribution in [0.1, 0.15) is 65.1 Å². The first-order valence-electron chi connectivity index (χ1n) is 12.5. The van der Waals surface area contributed by atoms with E-state index >= 15 is 0 Å². The molecule has 1 amide bonds. The van der Waals surface area contributed by atoms with E-state index in [1.165, 1.54) is 10.4 Å². The highest BCUT2D eigenvalue weighted by molar-refractivity contribution is 9.10. The van der Waals surface area contributed by atoms with Gasteiger partial charge < -0.3 is 14.2 Å². The normalized spacial score (nSPS) is 15.8. The zero-order chi connectivity index (χ0) is 26.2. The van der Waals surface area contributed by atoms with Gasteiger partial charge in [-0.25, -0.2) is 4.99 Å². The van der Waals surface area contributed by atoms with Crippen molar-refractivity contribution < 1.29 is 13.6 Å². The molecule has 7 heteroatoms. The standard InChI is InChI=1S/C30H31BrN2O3S/c1-18-7-10-22(24(31)14-18)25-12-9-21(36-25)17-33-29-27(28(34)32-16-20-6-5-13-35-20)23-11-8-19(30(2,3)4)15-26(23)37-29/h5-7,9-10,12-14,17,19H,8,11,15-16H2,1-4H3,(H,32,34)/t19-/m1/s1. The molecule has 0 unspecified atom stereocenters. The number of benzene rings is 1. The van der Waals surface area contributed by atoms with Crippen molar-refractivity contribution in [3.05, 3.63) is 86.3 Å². The van der Waals surface area contributed by atoms with Crippen molar-refractivity contribution in [2.24, 2.45) is 16.3 Å². The summed E-state index contributed by atoms with van der Waals surface area (Å²) in [5.41, 5.74) is 4.21. The van der Waals surface area contributed by atoms with Crippen molar-refractivity contribution in [1.82, 2.24) is 5.32 Å². The molecule has 0 aliphatic heterocycles. The molecule has 5 rings (SSSR count). The molecule has 4 aromatic rings. The molecule has 1 aliphatic carbocycles. The minimum atomic E-state index is -0.112. The summed E-state index contributed by atoms with van der Waals surface area (Å²) < 4.78 is 12.5. The summed E-state index contributed by atoms with van der Waals surface area (Å²) in [5, 5.41) is 3.75. The van der Waals surface area contributed by atoms with Gasteiger partial charge in [0.2, 0.25) is 0 Å². The van der Waals surface area contributed by atoms with E-state index in [9.17, 15) is 4.79 Å². The van der Waals surface area contributed by atoms with E-state index < -0.39 is 0 Å². The van der Waals surface area contributed by atoms with E-state index in [1.807, 2.05) is 30.3 Å². The van der Waals surface area contributed by atoms with Crippen LogP contribution in [-0.4, -0.2) is 12.1 Å². The first kappa shape index (κ1) is 25.7. The van der Waals surface area contributed by atoms with Crippen molar-refractivity contribution in [1.29, 1.82) is 0 Å². The average Bonchev–Trinajstić information content (AvgIpc) is 3.60. The number of aryl methyl sites for hydroxylation is 1. The largest absolute Gasteiger partial charge is 0.467 e. The molecule has 192 valence electrons. The molecular formula is C30H31BrN2O3S. The summed E-state index contributed by atoms with van der Waals surface area (Å²) in [6.07, 6.45) is 6.27. The number of nitrogens with one attached hydrogen (secondary N) is 1. The molecule has 1 aliphatic rings. The van der Waals surface area contributed by atoms with E-state index in [4.69, 9.17) is 13.8 Å². The lowest BCUT2D eigenvalue weighted by Crippen LogP contribution is -2.28. The number of hydrogen-bond donors (Lipinski definition) is 1. The zero-order valence-electron chi connectivity index (χ0n) is 21.6. The fourth-order valence-electron chi connectivity index (χ4n) is 4.81. The van der Waals surface area contributed by atoms with Crippen LogP contribution in [0.4, 0.5) is 5.00 Å². The third-order valence-corrected chi connectivity index (χ3v) is 8.85. The van der Waals surface area contributed by atoms with Crippen LogP contribution in [0.15, 0.2) is 67.0 Å². The second-order valence-corrected chi connectivity index (χ2v) is 12.6. The first-order chi connectivity index (χ1) is 17.7. The predicted molar refractivity (Wildman–Crippen MR) is 153 cm³/mol. The van der Waals surface area contributed by atoms with Gasteiger partial charge in [-0.3, -0.25) is 4.79 Å². The summed E-state index contributed by atoms with van der Waals surface area (Å²) in [5.74, 6) is 2.60. The van der Waals surface area contributed by atoms with Crippen LogP contribution in [0.2, 0.25) is 0 Å². The van der Waals surface area contributed by atoms with E-state index in [2.05, 4.69) is 61.1 Å². The second-order valence-electron chi connectivity index (χ2n) is 10.7. The van der Waals surface area contributed by atoms with Crippen LogP contribution in [0.3, 0.4) is 0 Å². The van der Waals surface area contributed by atoms with Gasteiger partial charge in [-0.15, -0.1) is 11.3 Å². The Hall–Kier alpha value is -2.90. The molecule has 1 aromatic carbocycles. The Morgan fingerprint density at radius 2 is 2.08 bits per heavy atom. The van der Waals surface area contributed by atoms with Gasteiger partial charge >= 0.3 is 0 Å². The molecule has 1 atom stereocenters. The summed E-state index contributed by atoms with van der Waals surface area (Å²) in [6, 6.07) is 13.7. The molecule has 3 heterocycles. The van der Waals surface area contributed by atoms with Crippen molar-refractivity contribution in [2.45, 2.75) is 53.5 Å². The number of hydrogen-bond acceptors (Lipinski definition) is 5. The number of furan rings is 2. The van der Waals surface area contributed by atoms with Crippen molar-refractivity contribution in [3.8, 4) is 11.3 Å². The van der Waals surface area contributed by atoms with Crippen molar-refractivity contribution >= 4 is 44.4 Å². The summed E-state index contributed by atoms with van der Waals surface area (Å²) in [4.78, 5) is 19.4. The Labute approximate surface area is 230 Å². The molecule has 3 aromatic heterocycles. The third-order valence-electron chi connectivity index (χ3n) is 7.03. The van der Waals surface area contributed by atoms with Crippen LogP contribution < -0.4 is 5.32 Å². The summed E-state index contributed by atoms with van der Waals surface area (Å²) >= 11 is 5.26. The van der Waals surface area contributed by atoms with Gasteiger partial charge in [-0.05, 0) is 85.0 Å². The summed E-state index contributed by atoms with van der Waals surface area (Å²) in [6.45, 7) is 9.30. The molecular weight excluding hydrogens is 548 g/mol. The molecule has 0 spiro atoms. The van der Waals surface area contributed by atoms with Crippen LogP contribution in [0.25, 0.3) is 11.3 Å². The third kappa shape index (κ3) is 5.68. The maximum atomic E-state index is 13.4. The van der Waals surface area contributed by atoms with Crippen LogP contribution in [0.5, 0.6) is 0 Å². The SMILES string of the molecule is Cc1ccc(-c2ccc(C=Nc3sc4c(c3C(=O)NCc3ccco3)CC[C@@H](C(C)(C)C)C4)o2)c(Br)c1. The predicted octanol–water partition coefficient (Wildman–Crippen LogP) is 8.50. The number of amides is 1. The topological polar surface area (TPSA) is 67.7 Å². The van der Waals surface area contributed by atoms with Gasteiger partial charge in [0.25, 0.3) is 5.91 Å².